The Balaban J connectivity index is 1.74. The maximum absolute atomic E-state index is 13.6. The average molecular weight is 597 g/mol. The first-order valence-electron chi connectivity index (χ1n) is 10.5. The van der Waals surface area contributed by atoms with Crippen LogP contribution in [-0.4, -0.2) is 49.2 Å². The zero-order valence-electron chi connectivity index (χ0n) is 17.7. The smallest absolute Gasteiger partial charge is 0.273 e. The Morgan fingerprint density at radius 1 is 0.909 bits per heavy atom. The topological polar surface area (TPSA) is 74.8 Å². The molecule has 0 unspecified atom stereocenters. The third-order valence-corrected chi connectivity index (χ3v) is 9.19. The van der Waals surface area contributed by atoms with E-state index in [2.05, 4.69) is 31.9 Å². The molecular formula is C24H21Br2ClN2O4. The van der Waals surface area contributed by atoms with Crippen LogP contribution < -0.4 is 0 Å². The minimum atomic E-state index is -1.08. The molecule has 1 aliphatic carbocycles. The number of ketones is 1. The molecule has 1 saturated carbocycles. The van der Waals surface area contributed by atoms with Gasteiger partial charge in [0.25, 0.3) is 17.7 Å². The number of hydrazine groups is 1. The van der Waals surface area contributed by atoms with E-state index in [-0.39, 0.29) is 21.0 Å². The SMILES string of the molecule is C[C@H](C(=O)c1ccccc1)N(C(=O)c1ccc(Cl)cc1)N1C(=O)[C@H]2C[C@H](Br)[C@@H](Br)C[C@H]2C1=O. The van der Waals surface area contributed by atoms with Crippen molar-refractivity contribution in [1.29, 1.82) is 0 Å². The van der Waals surface area contributed by atoms with Crippen molar-refractivity contribution in [2.24, 2.45) is 11.8 Å². The number of carbonyl (C=O) groups is 4. The molecule has 2 aromatic rings. The van der Waals surface area contributed by atoms with Crippen molar-refractivity contribution < 1.29 is 19.2 Å². The van der Waals surface area contributed by atoms with Crippen LogP contribution in [0.15, 0.2) is 54.6 Å². The van der Waals surface area contributed by atoms with Crippen LogP contribution in [0.2, 0.25) is 5.02 Å². The highest BCUT2D eigenvalue weighted by Gasteiger charge is 2.55. The molecule has 0 N–H and O–H groups in total. The summed E-state index contributed by atoms with van der Waals surface area (Å²) in [5, 5.41) is 2.37. The Morgan fingerprint density at radius 3 is 1.94 bits per heavy atom. The van der Waals surface area contributed by atoms with E-state index in [1.807, 2.05) is 0 Å². The number of rotatable bonds is 5. The molecule has 2 aliphatic rings. The highest BCUT2D eigenvalue weighted by molar-refractivity contribution is 9.12. The van der Waals surface area contributed by atoms with Gasteiger partial charge in [-0.1, -0.05) is 73.8 Å². The van der Waals surface area contributed by atoms with E-state index in [0.717, 1.165) is 10.0 Å². The lowest BCUT2D eigenvalue weighted by Gasteiger charge is -2.34. The highest BCUT2D eigenvalue weighted by atomic mass is 79.9. The lowest BCUT2D eigenvalue weighted by molar-refractivity contribution is -0.156. The monoisotopic (exact) mass is 594 g/mol. The number of halogens is 3. The lowest BCUT2D eigenvalue weighted by atomic mass is 9.81. The second kappa shape index (κ2) is 9.68. The summed E-state index contributed by atoms with van der Waals surface area (Å²) in [4.78, 5) is 53.8. The second-order valence-electron chi connectivity index (χ2n) is 8.27. The zero-order valence-corrected chi connectivity index (χ0v) is 21.6. The van der Waals surface area contributed by atoms with Gasteiger partial charge >= 0.3 is 0 Å². The predicted octanol–water partition coefficient (Wildman–Crippen LogP) is 4.89. The summed E-state index contributed by atoms with van der Waals surface area (Å²) >= 11 is 13.1. The molecule has 4 rings (SSSR count). The molecule has 1 heterocycles. The van der Waals surface area contributed by atoms with Crippen molar-refractivity contribution in [3.63, 3.8) is 0 Å². The Kier molecular flexibility index (Phi) is 7.07. The highest BCUT2D eigenvalue weighted by Crippen LogP contribution is 2.44. The van der Waals surface area contributed by atoms with Crippen LogP contribution in [0.25, 0.3) is 0 Å². The summed E-state index contributed by atoms with van der Waals surface area (Å²) in [6.07, 6.45) is 0.928. The van der Waals surface area contributed by atoms with Gasteiger partial charge in [-0.2, -0.15) is 5.01 Å². The fourth-order valence-electron chi connectivity index (χ4n) is 4.41. The summed E-state index contributed by atoms with van der Waals surface area (Å²) in [7, 11) is 0. The van der Waals surface area contributed by atoms with Gasteiger partial charge in [0, 0.05) is 25.8 Å². The molecule has 172 valence electrons. The number of hydrogen-bond acceptors (Lipinski definition) is 4. The first-order valence-corrected chi connectivity index (χ1v) is 12.8. The van der Waals surface area contributed by atoms with Crippen LogP contribution in [0, 0.1) is 11.8 Å². The van der Waals surface area contributed by atoms with E-state index in [1.165, 1.54) is 19.1 Å². The fraction of sp³-hybridized carbons (Fsp3) is 0.333. The van der Waals surface area contributed by atoms with Crippen molar-refractivity contribution in [1.82, 2.24) is 10.0 Å². The number of nitrogens with zero attached hydrogens (tertiary/aromatic N) is 2. The normalized spacial score (nSPS) is 25.5. The van der Waals surface area contributed by atoms with E-state index >= 15 is 0 Å². The zero-order chi connectivity index (χ0) is 23.9. The lowest BCUT2D eigenvalue weighted by Crippen LogP contribution is -2.56. The molecule has 2 aromatic carbocycles. The predicted molar refractivity (Wildman–Crippen MR) is 131 cm³/mol. The Hall–Kier alpha value is -2.03. The van der Waals surface area contributed by atoms with Crippen LogP contribution in [0.3, 0.4) is 0 Å². The minimum Gasteiger partial charge on any atom is -0.292 e. The number of fused-ring (bicyclic) bond motifs is 1. The first-order chi connectivity index (χ1) is 15.7. The summed E-state index contributed by atoms with van der Waals surface area (Å²) < 4.78 is 0. The average Bonchev–Trinajstić information content (AvgIpc) is 3.04. The molecule has 0 radical (unpaired) electrons. The van der Waals surface area contributed by atoms with Crippen molar-refractivity contribution in [2.45, 2.75) is 35.5 Å². The first kappa shape index (κ1) is 24.1. The molecule has 33 heavy (non-hydrogen) atoms. The molecule has 1 aliphatic heterocycles. The maximum Gasteiger partial charge on any atom is 0.273 e. The van der Waals surface area contributed by atoms with Gasteiger partial charge in [0.05, 0.1) is 11.8 Å². The van der Waals surface area contributed by atoms with Crippen LogP contribution in [-0.2, 0) is 9.59 Å². The second-order valence-corrected chi connectivity index (χ2v) is 11.1. The minimum absolute atomic E-state index is 0.0271. The third kappa shape index (κ3) is 4.53. The molecule has 2 fully saturated rings. The molecule has 6 nitrogen and oxygen atoms in total. The number of alkyl halides is 2. The quantitative estimate of drug-likeness (QED) is 0.280. The van der Waals surface area contributed by atoms with Crippen LogP contribution in [0.5, 0.6) is 0 Å². The number of hydrogen-bond donors (Lipinski definition) is 0. The summed E-state index contributed by atoms with van der Waals surface area (Å²) in [6.45, 7) is 1.53. The van der Waals surface area contributed by atoms with Gasteiger partial charge in [0.15, 0.2) is 5.78 Å². The van der Waals surface area contributed by atoms with Crippen molar-refractivity contribution in [3.05, 3.63) is 70.7 Å². The standard InChI is InChI=1S/C24H21Br2ClN2O4/c1-13(21(30)14-5-3-2-4-6-14)28(22(31)15-7-9-16(27)10-8-15)29-23(32)17-11-19(25)20(26)12-18(17)24(29)33/h2-10,13,17-20H,11-12H2,1H3/t13-,17-,18+,19+,20+/m1/s1. The largest absolute Gasteiger partial charge is 0.292 e. The van der Waals surface area contributed by atoms with E-state index < -0.39 is 35.6 Å². The fourth-order valence-corrected chi connectivity index (χ4v) is 5.77. The molecule has 0 spiro atoms. The Morgan fingerprint density at radius 2 is 1.42 bits per heavy atom. The number of benzene rings is 2. The van der Waals surface area contributed by atoms with Gasteiger partial charge in [-0.05, 0) is 44.0 Å². The van der Waals surface area contributed by atoms with Crippen molar-refractivity contribution in [2.75, 3.05) is 0 Å². The van der Waals surface area contributed by atoms with E-state index in [4.69, 9.17) is 11.6 Å². The molecular weight excluding hydrogens is 576 g/mol. The van der Waals surface area contributed by atoms with E-state index in [9.17, 15) is 19.2 Å². The number of carbonyl (C=O) groups excluding carboxylic acids is 4. The van der Waals surface area contributed by atoms with Crippen molar-refractivity contribution in [3.8, 4) is 0 Å². The number of amides is 3. The van der Waals surface area contributed by atoms with Gasteiger partial charge < -0.3 is 0 Å². The summed E-state index contributed by atoms with van der Waals surface area (Å²) in [5.74, 6) is -2.99. The van der Waals surface area contributed by atoms with Crippen LogP contribution >= 0.6 is 43.5 Å². The molecule has 9 heteroatoms. The van der Waals surface area contributed by atoms with Gasteiger partial charge in [-0.15, -0.1) is 0 Å². The summed E-state index contributed by atoms with van der Waals surface area (Å²) in [5.41, 5.74) is 0.607. The van der Waals surface area contributed by atoms with E-state index in [0.29, 0.717) is 23.4 Å². The van der Waals surface area contributed by atoms with Gasteiger partial charge in [0.2, 0.25) is 0 Å². The number of Topliss-reactive ketones (excluding diaryl/α,β-unsaturated/α-hetero) is 1. The van der Waals surface area contributed by atoms with E-state index in [1.54, 1.807) is 42.5 Å². The van der Waals surface area contributed by atoms with Gasteiger partial charge in [0.1, 0.15) is 6.04 Å². The number of imide groups is 1. The molecule has 3 amide bonds. The molecule has 5 atom stereocenters. The third-order valence-electron chi connectivity index (χ3n) is 6.21. The molecule has 0 bridgehead atoms. The Labute approximate surface area is 213 Å². The maximum atomic E-state index is 13.6. The van der Waals surface area contributed by atoms with Crippen molar-refractivity contribution >= 4 is 67.0 Å². The molecule has 0 aromatic heterocycles. The Bertz CT molecular complexity index is 1070. The molecule has 1 saturated heterocycles. The summed E-state index contributed by atoms with van der Waals surface area (Å²) in [6, 6.07) is 13.5. The van der Waals surface area contributed by atoms with Crippen LogP contribution in [0.1, 0.15) is 40.5 Å². The van der Waals surface area contributed by atoms with Gasteiger partial charge in [-0.3, -0.25) is 19.2 Å². The van der Waals surface area contributed by atoms with Gasteiger partial charge in [-0.25, -0.2) is 5.01 Å². The van der Waals surface area contributed by atoms with Crippen LogP contribution in [0.4, 0.5) is 0 Å².